The highest BCUT2D eigenvalue weighted by atomic mass is 16.2. The Morgan fingerprint density at radius 2 is 1.83 bits per heavy atom. The van der Waals surface area contributed by atoms with Crippen molar-refractivity contribution in [3.05, 3.63) is 48.0 Å². The Bertz CT molecular complexity index is 680. The first-order valence-corrected chi connectivity index (χ1v) is 7.73. The summed E-state index contributed by atoms with van der Waals surface area (Å²) in [7, 11) is 3.57. The van der Waals surface area contributed by atoms with Gasteiger partial charge in [0.05, 0.1) is 13.0 Å². The summed E-state index contributed by atoms with van der Waals surface area (Å²) in [4.78, 5) is 25.6. The quantitative estimate of drug-likeness (QED) is 0.807. The first-order valence-electron chi connectivity index (χ1n) is 7.73. The fourth-order valence-electron chi connectivity index (χ4n) is 2.40. The van der Waals surface area contributed by atoms with Gasteiger partial charge >= 0.3 is 0 Å². The lowest BCUT2D eigenvalue weighted by Gasteiger charge is -2.17. The molecule has 2 rings (SSSR count). The van der Waals surface area contributed by atoms with Gasteiger partial charge in [0.15, 0.2) is 0 Å². The predicted octanol–water partition coefficient (Wildman–Crippen LogP) is 1.18. The summed E-state index contributed by atoms with van der Waals surface area (Å²) in [6.07, 6.45) is 0.273. The molecule has 0 aromatic heterocycles. The van der Waals surface area contributed by atoms with E-state index in [0.717, 1.165) is 22.9 Å². The van der Waals surface area contributed by atoms with Gasteiger partial charge in [-0.2, -0.15) is 0 Å². The number of carbonyl (C=O) groups is 2. The summed E-state index contributed by atoms with van der Waals surface area (Å²) in [6, 6.07) is 13.9. The Morgan fingerprint density at radius 3 is 2.61 bits per heavy atom. The SMILES string of the molecule is CNCCN(C)C(=O)CNC(=O)Cc1cccc2ccccc12. The van der Waals surface area contributed by atoms with Crippen molar-refractivity contribution in [2.45, 2.75) is 6.42 Å². The molecule has 0 saturated carbocycles. The molecule has 0 aliphatic carbocycles. The number of benzene rings is 2. The summed E-state index contributed by atoms with van der Waals surface area (Å²) in [5.41, 5.74) is 0.969. The second kappa shape index (κ2) is 8.29. The molecule has 0 heterocycles. The van der Waals surface area contributed by atoms with Crippen LogP contribution in [0.5, 0.6) is 0 Å². The average molecular weight is 313 g/mol. The Hall–Kier alpha value is -2.40. The standard InChI is InChI=1S/C18H23N3O2/c1-19-10-11-21(2)18(23)13-20-17(22)12-15-8-5-7-14-6-3-4-9-16(14)15/h3-9,19H,10-13H2,1-2H3,(H,20,22). The molecule has 122 valence electrons. The number of fused-ring (bicyclic) bond motifs is 1. The van der Waals surface area contributed by atoms with E-state index >= 15 is 0 Å². The lowest BCUT2D eigenvalue weighted by atomic mass is 10.0. The maximum atomic E-state index is 12.1. The van der Waals surface area contributed by atoms with Crippen LogP contribution < -0.4 is 10.6 Å². The normalized spacial score (nSPS) is 10.5. The average Bonchev–Trinajstić information content (AvgIpc) is 2.57. The summed E-state index contributed by atoms with van der Waals surface area (Å²) in [6.45, 7) is 1.38. The van der Waals surface area contributed by atoms with Crippen LogP contribution in [0.1, 0.15) is 5.56 Å². The number of likely N-dealkylation sites (N-methyl/N-ethyl adjacent to an activating group) is 2. The zero-order chi connectivity index (χ0) is 16.7. The molecule has 0 saturated heterocycles. The molecular formula is C18H23N3O2. The van der Waals surface area contributed by atoms with Gasteiger partial charge in [-0.3, -0.25) is 9.59 Å². The number of hydrogen-bond acceptors (Lipinski definition) is 3. The molecule has 23 heavy (non-hydrogen) atoms. The van der Waals surface area contributed by atoms with Crippen molar-refractivity contribution in [2.24, 2.45) is 0 Å². The van der Waals surface area contributed by atoms with Gasteiger partial charge < -0.3 is 15.5 Å². The second-order valence-electron chi connectivity index (χ2n) is 5.51. The van der Waals surface area contributed by atoms with Gasteiger partial charge in [0.25, 0.3) is 0 Å². The van der Waals surface area contributed by atoms with Crippen molar-refractivity contribution in [3.8, 4) is 0 Å². The molecule has 0 spiro atoms. The molecule has 0 unspecified atom stereocenters. The third-order valence-electron chi connectivity index (χ3n) is 3.79. The highest BCUT2D eigenvalue weighted by Gasteiger charge is 2.11. The van der Waals surface area contributed by atoms with Gasteiger partial charge in [-0.1, -0.05) is 42.5 Å². The van der Waals surface area contributed by atoms with Gasteiger partial charge in [0, 0.05) is 20.1 Å². The van der Waals surface area contributed by atoms with Crippen LogP contribution in [-0.2, 0) is 16.0 Å². The molecule has 0 radical (unpaired) electrons. The maximum absolute atomic E-state index is 12.1. The Morgan fingerprint density at radius 1 is 1.09 bits per heavy atom. The van der Waals surface area contributed by atoms with E-state index < -0.39 is 0 Å². The highest BCUT2D eigenvalue weighted by Crippen LogP contribution is 2.18. The molecule has 2 amide bonds. The van der Waals surface area contributed by atoms with Crippen molar-refractivity contribution in [1.29, 1.82) is 0 Å². The number of rotatable bonds is 7. The fraction of sp³-hybridized carbons (Fsp3) is 0.333. The minimum absolute atomic E-state index is 0.0316. The number of nitrogens with one attached hydrogen (secondary N) is 2. The van der Waals surface area contributed by atoms with E-state index in [1.165, 1.54) is 0 Å². The Balaban J connectivity index is 1.90. The molecule has 2 N–H and O–H groups in total. The number of nitrogens with zero attached hydrogens (tertiary/aromatic N) is 1. The molecule has 5 nitrogen and oxygen atoms in total. The molecular weight excluding hydrogens is 290 g/mol. The monoisotopic (exact) mass is 313 g/mol. The van der Waals surface area contributed by atoms with Crippen LogP contribution in [0.15, 0.2) is 42.5 Å². The second-order valence-corrected chi connectivity index (χ2v) is 5.51. The smallest absolute Gasteiger partial charge is 0.241 e. The van der Waals surface area contributed by atoms with E-state index in [0.29, 0.717) is 6.54 Å². The minimum Gasteiger partial charge on any atom is -0.347 e. The Kier molecular flexibility index (Phi) is 6.11. The summed E-state index contributed by atoms with van der Waals surface area (Å²) >= 11 is 0. The van der Waals surface area contributed by atoms with E-state index in [9.17, 15) is 9.59 Å². The van der Waals surface area contributed by atoms with E-state index in [1.54, 1.807) is 11.9 Å². The zero-order valence-corrected chi connectivity index (χ0v) is 13.6. The van der Waals surface area contributed by atoms with E-state index in [-0.39, 0.29) is 24.8 Å². The predicted molar refractivity (Wildman–Crippen MR) is 92.2 cm³/mol. The van der Waals surface area contributed by atoms with E-state index in [1.807, 2.05) is 49.5 Å². The third-order valence-corrected chi connectivity index (χ3v) is 3.79. The molecule has 0 bridgehead atoms. The molecule has 0 aliphatic rings. The minimum atomic E-state index is -0.142. The van der Waals surface area contributed by atoms with Crippen molar-refractivity contribution in [3.63, 3.8) is 0 Å². The molecule has 2 aromatic rings. The van der Waals surface area contributed by atoms with Gasteiger partial charge in [-0.05, 0) is 23.4 Å². The summed E-state index contributed by atoms with van der Waals surface area (Å²) in [5.74, 6) is -0.233. The van der Waals surface area contributed by atoms with Crippen LogP contribution in [0.25, 0.3) is 10.8 Å². The lowest BCUT2D eigenvalue weighted by molar-refractivity contribution is -0.131. The highest BCUT2D eigenvalue weighted by molar-refractivity contribution is 5.91. The summed E-state index contributed by atoms with van der Waals surface area (Å²) < 4.78 is 0. The third kappa shape index (κ3) is 4.79. The van der Waals surface area contributed by atoms with Crippen LogP contribution in [-0.4, -0.2) is 50.4 Å². The van der Waals surface area contributed by atoms with E-state index in [4.69, 9.17) is 0 Å². The molecule has 0 aliphatic heterocycles. The van der Waals surface area contributed by atoms with Crippen LogP contribution in [0.3, 0.4) is 0 Å². The van der Waals surface area contributed by atoms with Gasteiger partial charge in [0.2, 0.25) is 11.8 Å². The fourth-order valence-corrected chi connectivity index (χ4v) is 2.40. The Labute approximate surface area is 136 Å². The molecule has 0 fully saturated rings. The number of hydrogen-bond donors (Lipinski definition) is 2. The van der Waals surface area contributed by atoms with Crippen molar-refractivity contribution in [2.75, 3.05) is 33.7 Å². The zero-order valence-electron chi connectivity index (χ0n) is 13.6. The number of carbonyl (C=O) groups excluding carboxylic acids is 2. The van der Waals surface area contributed by atoms with Crippen LogP contribution in [0.4, 0.5) is 0 Å². The lowest BCUT2D eigenvalue weighted by Crippen LogP contribution is -2.40. The molecule has 0 atom stereocenters. The topological polar surface area (TPSA) is 61.4 Å². The van der Waals surface area contributed by atoms with Crippen LogP contribution in [0.2, 0.25) is 0 Å². The first kappa shape index (κ1) is 17.0. The maximum Gasteiger partial charge on any atom is 0.241 e. The van der Waals surface area contributed by atoms with Gasteiger partial charge in [0.1, 0.15) is 0 Å². The molecule has 2 aromatic carbocycles. The van der Waals surface area contributed by atoms with Gasteiger partial charge in [-0.15, -0.1) is 0 Å². The van der Waals surface area contributed by atoms with Gasteiger partial charge in [-0.25, -0.2) is 0 Å². The largest absolute Gasteiger partial charge is 0.347 e. The van der Waals surface area contributed by atoms with Crippen molar-refractivity contribution < 1.29 is 9.59 Å². The van der Waals surface area contributed by atoms with Crippen LogP contribution >= 0.6 is 0 Å². The summed E-state index contributed by atoms with van der Waals surface area (Å²) in [5, 5.41) is 7.87. The van der Waals surface area contributed by atoms with E-state index in [2.05, 4.69) is 10.6 Å². The van der Waals surface area contributed by atoms with Crippen LogP contribution in [0, 0.1) is 0 Å². The van der Waals surface area contributed by atoms with Crippen molar-refractivity contribution in [1.82, 2.24) is 15.5 Å². The number of amides is 2. The van der Waals surface area contributed by atoms with Crippen molar-refractivity contribution >= 4 is 22.6 Å². The molecule has 5 heteroatoms. The first-order chi connectivity index (χ1) is 11.1.